The molecule has 7 aliphatic carbocycles. The van der Waals surface area contributed by atoms with Crippen LogP contribution in [0, 0.1) is 79.3 Å². The Balaban J connectivity index is 0.970. The maximum Gasteiger partial charge on any atom is 0.309 e. The van der Waals surface area contributed by atoms with Gasteiger partial charge in [-0.3, -0.25) is 14.4 Å². The van der Waals surface area contributed by atoms with E-state index in [2.05, 4.69) is 51.3 Å². The topological polar surface area (TPSA) is 87.2 Å². The zero-order valence-electron chi connectivity index (χ0n) is 36.0. The summed E-state index contributed by atoms with van der Waals surface area (Å²) in [4.78, 5) is 46.0. The molecule has 9 aliphatic rings. The summed E-state index contributed by atoms with van der Waals surface area (Å²) in [6, 6.07) is 0.410. The Morgan fingerprint density at radius 2 is 1.38 bits per heavy atom. The summed E-state index contributed by atoms with van der Waals surface area (Å²) < 4.78 is 6.48. The number of likely N-dealkylation sites (tertiary alicyclic amines) is 2. The van der Waals surface area contributed by atoms with Gasteiger partial charge in [0.25, 0.3) is 0 Å². The second-order valence-electron chi connectivity index (χ2n) is 23.7. The van der Waals surface area contributed by atoms with Crippen molar-refractivity contribution in [1.82, 2.24) is 9.80 Å². The molecule has 0 aromatic carbocycles. The number of hydrogen-bond donors (Lipinski definition) is 1. The summed E-state index contributed by atoms with van der Waals surface area (Å²) in [5, 5.41) is 9.70. The van der Waals surface area contributed by atoms with Crippen molar-refractivity contribution in [3.05, 3.63) is 0 Å². The molecule has 0 aromatic rings. The normalized spacial score (nSPS) is 49.2. The van der Waals surface area contributed by atoms with Crippen molar-refractivity contribution in [3.63, 3.8) is 0 Å². The van der Waals surface area contributed by atoms with Crippen molar-refractivity contribution >= 4 is 17.8 Å². The molecule has 2 heterocycles. The van der Waals surface area contributed by atoms with Crippen LogP contribution >= 0.6 is 0 Å². The molecule has 55 heavy (non-hydrogen) atoms. The van der Waals surface area contributed by atoms with Crippen molar-refractivity contribution in [2.24, 2.45) is 79.3 Å². The van der Waals surface area contributed by atoms with E-state index in [0.29, 0.717) is 53.4 Å². The standard InChI is InChI=1S/C48H76N2O5/c1-42(2)33(39(51)52)28-34(42)40(53)55-37-17-18-45(6)35(43(37,3)4)16-19-47(8)36(45)14-13-32-38-31(44(5)21-22-44)15-20-48(38,24-23-46(32,47)7)41(54)50-27-11-12-30(50)29-49-25-9-10-26-49/h30-38H,9-29H2,1-8H3,(H,51,52)/t30-,31-,32-,33+,34-,35+,36-,37+,38-,45+,46-,47-,48+/m1/s1. The first kappa shape index (κ1) is 38.9. The second kappa shape index (κ2) is 12.7. The summed E-state index contributed by atoms with van der Waals surface area (Å²) in [5.74, 6) is 1.70. The molecular weight excluding hydrogens is 685 g/mol. The Bertz CT molecular complexity index is 1580. The third-order valence-corrected chi connectivity index (χ3v) is 21.1. The Morgan fingerprint density at radius 3 is 2.05 bits per heavy atom. The summed E-state index contributed by atoms with van der Waals surface area (Å²) in [7, 11) is 0. The molecule has 0 aromatic heterocycles. The largest absolute Gasteiger partial charge is 0.481 e. The fourth-order valence-corrected chi connectivity index (χ4v) is 17.3. The van der Waals surface area contributed by atoms with E-state index in [4.69, 9.17) is 4.74 Å². The van der Waals surface area contributed by atoms with Gasteiger partial charge in [0.2, 0.25) is 5.91 Å². The molecule has 1 N–H and O–H groups in total. The predicted octanol–water partition coefficient (Wildman–Crippen LogP) is 9.61. The van der Waals surface area contributed by atoms with E-state index in [1.54, 1.807) is 0 Å². The van der Waals surface area contributed by atoms with Crippen LogP contribution in [0.3, 0.4) is 0 Å². The highest BCUT2D eigenvalue weighted by atomic mass is 16.5. The van der Waals surface area contributed by atoms with Crippen LogP contribution in [0.1, 0.15) is 165 Å². The number of amides is 1. The van der Waals surface area contributed by atoms with Crippen LogP contribution in [-0.2, 0) is 19.1 Å². The summed E-state index contributed by atoms with van der Waals surface area (Å²) in [5.41, 5.74) is 0.166. The average molecular weight is 761 g/mol. The maximum atomic E-state index is 15.4. The third kappa shape index (κ3) is 5.37. The minimum absolute atomic E-state index is 0.131. The number of esters is 1. The smallest absolute Gasteiger partial charge is 0.309 e. The molecular formula is C48H76N2O5. The second-order valence-corrected chi connectivity index (χ2v) is 23.7. The maximum absolute atomic E-state index is 15.4. The lowest BCUT2D eigenvalue weighted by molar-refractivity contribution is -0.253. The lowest BCUT2D eigenvalue weighted by atomic mass is 9.32. The predicted molar refractivity (Wildman–Crippen MR) is 215 cm³/mol. The van der Waals surface area contributed by atoms with E-state index in [1.165, 1.54) is 90.1 Å². The van der Waals surface area contributed by atoms with E-state index in [0.717, 1.165) is 38.8 Å². The van der Waals surface area contributed by atoms with E-state index in [1.807, 2.05) is 13.8 Å². The number of carboxylic acids is 1. The van der Waals surface area contributed by atoms with Crippen molar-refractivity contribution in [2.75, 3.05) is 26.2 Å². The minimum atomic E-state index is -0.801. The van der Waals surface area contributed by atoms with Crippen LogP contribution in [0.2, 0.25) is 0 Å². The van der Waals surface area contributed by atoms with Gasteiger partial charge in [0.15, 0.2) is 0 Å². The molecule has 308 valence electrons. The Hall–Kier alpha value is -1.63. The van der Waals surface area contributed by atoms with E-state index >= 15 is 4.79 Å². The lowest BCUT2D eigenvalue weighted by Gasteiger charge is -2.73. The molecule has 13 atom stereocenters. The molecule has 7 saturated carbocycles. The van der Waals surface area contributed by atoms with Crippen LogP contribution in [0.5, 0.6) is 0 Å². The summed E-state index contributed by atoms with van der Waals surface area (Å²) >= 11 is 0. The van der Waals surface area contributed by atoms with Crippen LogP contribution in [-0.4, -0.2) is 71.1 Å². The van der Waals surface area contributed by atoms with Gasteiger partial charge in [0, 0.05) is 24.5 Å². The molecule has 9 fully saturated rings. The van der Waals surface area contributed by atoms with Crippen molar-refractivity contribution < 1.29 is 24.2 Å². The van der Waals surface area contributed by atoms with Crippen molar-refractivity contribution in [2.45, 2.75) is 177 Å². The van der Waals surface area contributed by atoms with Crippen LogP contribution in [0.25, 0.3) is 0 Å². The summed E-state index contributed by atoms with van der Waals surface area (Å²) in [6.45, 7) is 23.7. The number of carbonyl (C=O) groups excluding carboxylic acids is 2. The monoisotopic (exact) mass is 761 g/mol. The van der Waals surface area contributed by atoms with Gasteiger partial charge in [0.1, 0.15) is 6.10 Å². The molecule has 0 spiro atoms. The van der Waals surface area contributed by atoms with Gasteiger partial charge in [-0.25, -0.2) is 0 Å². The Morgan fingerprint density at radius 1 is 0.655 bits per heavy atom. The highest BCUT2D eigenvalue weighted by molar-refractivity contribution is 5.84. The van der Waals surface area contributed by atoms with Crippen LogP contribution in [0.4, 0.5) is 0 Å². The van der Waals surface area contributed by atoms with Crippen LogP contribution < -0.4 is 0 Å². The van der Waals surface area contributed by atoms with Crippen molar-refractivity contribution in [1.29, 1.82) is 0 Å². The fourth-order valence-electron chi connectivity index (χ4n) is 17.3. The third-order valence-electron chi connectivity index (χ3n) is 21.1. The van der Waals surface area contributed by atoms with Gasteiger partial charge in [-0.05, 0) is 179 Å². The van der Waals surface area contributed by atoms with E-state index < -0.39 is 17.3 Å². The molecule has 0 bridgehead atoms. The van der Waals surface area contributed by atoms with Gasteiger partial charge in [-0.15, -0.1) is 0 Å². The van der Waals surface area contributed by atoms with E-state index in [-0.39, 0.29) is 45.1 Å². The Labute approximate surface area is 333 Å². The van der Waals surface area contributed by atoms with Gasteiger partial charge in [-0.1, -0.05) is 55.4 Å². The zero-order chi connectivity index (χ0) is 39.1. The number of carboxylic acid groups (broad SMARTS) is 1. The van der Waals surface area contributed by atoms with Gasteiger partial charge < -0.3 is 19.6 Å². The molecule has 7 nitrogen and oxygen atoms in total. The van der Waals surface area contributed by atoms with Crippen molar-refractivity contribution in [3.8, 4) is 0 Å². The number of hydrogen-bond acceptors (Lipinski definition) is 5. The first-order valence-corrected chi connectivity index (χ1v) is 23.3. The Kier molecular flexibility index (Phi) is 8.96. The molecule has 1 amide bonds. The van der Waals surface area contributed by atoms with Gasteiger partial charge in [0.05, 0.1) is 17.3 Å². The van der Waals surface area contributed by atoms with E-state index in [9.17, 15) is 14.7 Å². The highest BCUT2D eigenvalue weighted by Crippen LogP contribution is 2.79. The van der Waals surface area contributed by atoms with Gasteiger partial charge in [-0.2, -0.15) is 0 Å². The lowest BCUT2D eigenvalue weighted by Crippen LogP contribution is -2.68. The highest BCUT2D eigenvalue weighted by Gasteiger charge is 2.74. The number of fused-ring (bicyclic) bond motifs is 7. The molecule has 7 heteroatoms. The zero-order valence-corrected chi connectivity index (χ0v) is 36.0. The molecule has 9 rings (SSSR count). The molecule has 2 saturated heterocycles. The number of nitrogens with zero attached hydrogens (tertiary/aromatic N) is 2. The minimum Gasteiger partial charge on any atom is -0.481 e. The molecule has 2 aliphatic heterocycles. The summed E-state index contributed by atoms with van der Waals surface area (Å²) in [6.07, 6.45) is 19.5. The molecule has 0 radical (unpaired) electrons. The van der Waals surface area contributed by atoms with Crippen LogP contribution in [0.15, 0.2) is 0 Å². The SMILES string of the molecule is CC1([C@@H]2CC[C@]3(C(=O)N4CCC[C@@H]4CN4CCCC4)CC[C@]4(C)[C@H](CC[C@@H]5[C@@]6(C)CC[C@H](OC(=O)[C@H]7C[C@@H](C(=O)O)C7(C)C)C(C)(C)[C@@H]6CC[C@]54C)[C@@H]23)CC1. The number of rotatable bonds is 7. The average Bonchev–Trinajstić information content (AvgIpc) is 3.50. The number of aliphatic carboxylic acids is 1. The number of ether oxygens (including phenoxy) is 1. The fraction of sp³-hybridized carbons (Fsp3) is 0.938. The first-order chi connectivity index (χ1) is 25.8. The number of carbonyl (C=O) groups is 3. The quantitative estimate of drug-likeness (QED) is 0.260. The molecule has 0 unspecified atom stereocenters. The first-order valence-electron chi connectivity index (χ1n) is 23.3. The van der Waals surface area contributed by atoms with Gasteiger partial charge >= 0.3 is 11.9 Å².